The van der Waals surface area contributed by atoms with E-state index in [0.717, 1.165) is 18.6 Å². The minimum Gasteiger partial charge on any atom is -0.392 e. The van der Waals surface area contributed by atoms with E-state index in [2.05, 4.69) is 5.32 Å². The molecule has 128 valence electrons. The molecule has 0 bridgehead atoms. The summed E-state index contributed by atoms with van der Waals surface area (Å²) in [5.41, 5.74) is -1.28. The van der Waals surface area contributed by atoms with Crippen molar-refractivity contribution in [1.82, 2.24) is 10.2 Å². The number of hydrogen-bond donors (Lipinski definition) is 2. The van der Waals surface area contributed by atoms with Gasteiger partial charge in [-0.25, -0.2) is 4.39 Å². The summed E-state index contributed by atoms with van der Waals surface area (Å²) in [6.45, 7) is 0.719. The van der Waals surface area contributed by atoms with Gasteiger partial charge in [0.05, 0.1) is 18.2 Å². The molecule has 1 aromatic carbocycles. The van der Waals surface area contributed by atoms with Gasteiger partial charge in [-0.05, 0) is 37.1 Å². The van der Waals surface area contributed by atoms with Crippen LogP contribution in [0.4, 0.5) is 17.6 Å². The van der Waals surface area contributed by atoms with Crippen LogP contribution in [0, 0.1) is 5.82 Å². The lowest BCUT2D eigenvalue weighted by Crippen LogP contribution is -2.44. The summed E-state index contributed by atoms with van der Waals surface area (Å²) in [6.07, 6.45) is -3.71. The molecule has 0 radical (unpaired) electrons. The first-order valence-corrected chi connectivity index (χ1v) is 7.28. The summed E-state index contributed by atoms with van der Waals surface area (Å²) >= 11 is 0. The van der Waals surface area contributed by atoms with Crippen LogP contribution in [-0.4, -0.2) is 41.7 Å². The molecule has 1 amide bonds. The second kappa shape index (κ2) is 7.27. The molecular weight excluding hydrogens is 316 g/mol. The molecule has 23 heavy (non-hydrogen) atoms. The number of benzene rings is 1. The molecule has 1 atom stereocenters. The van der Waals surface area contributed by atoms with Crippen molar-refractivity contribution in [1.29, 1.82) is 0 Å². The number of β-amino-alcohol motifs (C(OH)–C–C–N with tert-alkyl or cyclic N) is 1. The van der Waals surface area contributed by atoms with E-state index in [0.29, 0.717) is 25.6 Å². The first-order valence-electron chi connectivity index (χ1n) is 7.28. The van der Waals surface area contributed by atoms with Gasteiger partial charge < -0.3 is 10.4 Å². The molecule has 0 aliphatic carbocycles. The zero-order valence-corrected chi connectivity index (χ0v) is 12.4. The van der Waals surface area contributed by atoms with Gasteiger partial charge in [-0.15, -0.1) is 0 Å². The highest BCUT2D eigenvalue weighted by Gasteiger charge is 2.33. The summed E-state index contributed by atoms with van der Waals surface area (Å²) < 4.78 is 51.6. The largest absolute Gasteiger partial charge is 0.416 e. The van der Waals surface area contributed by atoms with Crippen LogP contribution < -0.4 is 5.32 Å². The van der Waals surface area contributed by atoms with Crippen molar-refractivity contribution in [3.8, 4) is 0 Å². The molecular formula is C15H18F4N2O2. The van der Waals surface area contributed by atoms with Gasteiger partial charge in [-0.1, -0.05) is 6.07 Å². The van der Waals surface area contributed by atoms with Crippen LogP contribution in [0.15, 0.2) is 18.2 Å². The predicted molar refractivity (Wildman–Crippen MR) is 74.9 cm³/mol. The van der Waals surface area contributed by atoms with Crippen LogP contribution in [0.25, 0.3) is 0 Å². The third-order valence-corrected chi connectivity index (χ3v) is 3.70. The summed E-state index contributed by atoms with van der Waals surface area (Å²) in [5, 5.41) is 11.9. The average molecular weight is 334 g/mol. The molecule has 0 spiro atoms. The number of amides is 1. The fourth-order valence-corrected chi connectivity index (χ4v) is 2.59. The van der Waals surface area contributed by atoms with Crippen molar-refractivity contribution in [3.63, 3.8) is 0 Å². The number of halogens is 4. The van der Waals surface area contributed by atoms with Crippen molar-refractivity contribution >= 4 is 5.91 Å². The van der Waals surface area contributed by atoms with Gasteiger partial charge in [0.1, 0.15) is 5.82 Å². The molecule has 1 aromatic rings. The number of aliphatic hydroxyl groups excluding tert-OH is 1. The third-order valence-electron chi connectivity index (χ3n) is 3.70. The second-order valence-electron chi connectivity index (χ2n) is 5.61. The first kappa shape index (κ1) is 17.7. The summed E-state index contributed by atoms with van der Waals surface area (Å²) in [4.78, 5) is 13.6. The van der Waals surface area contributed by atoms with Gasteiger partial charge in [0, 0.05) is 13.1 Å². The lowest BCUT2D eigenvalue weighted by atomic mass is 10.1. The van der Waals surface area contributed by atoms with E-state index in [1.54, 1.807) is 4.90 Å². The number of carbonyl (C=O) groups excluding carboxylic acids is 1. The van der Waals surface area contributed by atoms with Crippen LogP contribution in [0.1, 0.15) is 24.0 Å². The Bertz CT molecular complexity index is 563. The van der Waals surface area contributed by atoms with Crippen LogP contribution in [0.3, 0.4) is 0 Å². The lowest BCUT2D eigenvalue weighted by Gasteiger charge is -2.29. The number of hydrogen-bond acceptors (Lipinski definition) is 3. The van der Waals surface area contributed by atoms with Crippen LogP contribution in [0.2, 0.25) is 0 Å². The smallest absolute Gasteiger partial charge is 0.392 e. The molecule has 1 heterocycles. The minimum atomic E-state index is -4.68. The highest BCUT2D eigenvalue weighted by Crippen LogP contribution is 2.32. The van der Waals surface area contributed by atoms with Gasteiger partial charge >= 0.3 is 6.18 Å². The quantitative estimate of drug-likeness (QED) is 0.827. The molecule has 0 saturated carbocycles. The first-order chi connectivity index (χ1) is 10.8. The number of likely N-dealkylation sites (tertiary alicyclic amines) is 1. The number of alkyl halides is 3. The molecule has 2 N–H and O–H groups in total. The van der Waals surface area contributed by atoms with E-state index in [1.807, 2.05) is 0 Å². The predicted octanol–water partition coefficient (Wildman–Crippen LogP) is 1.92. The molecule has 2 rings (SSSR count). The number of nitrogens with zero attached hydrogens (tertiary/aromatic N) is 1. The number of rotatable bonds is 4. The van der Waals surface area contributed by atoms with Gasteiger partial charge in [-0.2, -0.15) is 13.2 Å². The summed E-state index contributed by atoms with van der Waals surface area (Å²) in [5.74, 6) is -1.41. The van der Waals surface area contributed by atoms with Crippen molar-refractivity contribution < 1.29 is 27.5 Å². The van der Waals surface area contributed by atoms with Gasteiger partial charge in [0.2, 0.25) is 5.91 Å². The van der Waals surface area contributed by atoms with E-state index in [1.165, 1.54) is 0 Å². The van der Waals surface area contributed by atoms with E-state index in [9.17, 15) is 27.5 Å². The van der Waals surface area contributed by atoms with Crippen molar-refractivity contribution in [2.45, 2.75) is 31.7 Å². The molecule has 8 heteroatoms. The monoisotopic (exact) mass is 334 g/mol. The minimum absolute atomic E-state index is 0.0135. The van der Waals surface area contributed by atoms with E-state index in [-0.39, 0.29) is 18.7 Å². The highest BCUT2D eigenvalue weighted by molar-refractivity contribution is 5.78. The number of carbonyl (C=O) groups is 1. The Morgan fingerprint density at radius 3 is 2.78 bits per heavy atom. The Kier molecular flexibility index (Phi) is 5.59. The van der Waals surface area contributed by atoms with Crippen LogP contribution in [0.5, 0.6) is 0 Å². The molecule has 1 saturated heterocycles. The standard InChI is InChI=1S/C15H18F4N2O2/c16-11-4-3-10(13(6-11)15(17,18)19)7-20-14(23)9-21-5-1-2-12(22)8-21/h3-4,6,12,22H,1-2,5,7-9H2,(H,20,23)/t12-/m0/s1. The molecule has 0 unspecified atom stereocenters. The topological polar surface area (TPSA) is 52.6 Å². The van der Waals surface area contributed by atoms with Crippen molar-refractivity contribution in [2.75, 3.05) is 19.6 Å². The van der Waals surface area contributed by atoms with Crippen molar-refractivity contribution in [3.05, 3.63) is 35.1 Å². The lowest BCUT2D eigenvalue weighted by molar-refractivity contribution is -0.138. The summed E-state index contributed by atoms with van der Waals surface area (Å²) in [7, 11) is 0. The van der Waals surface area contributed by atoms with Crippen LogP contribution >= 0.6 is 0 Å². The average Bonchev–Trinajstić information content (AvgIpc) is 2.45. The van der Waals surface area contributed by atoms with Gasteiger partial charge in [0.25, 0.3) is 0 Å². The van der Waals surface area contributed by atoms with Gasteiger partial charge in [-0.3, -0.25) is 9.69 Å². The van der Waals surface area contributed by atoms with Crippen LogP contribution in [-0.2, 0) is 17.5 Å². The Balaban J connectivity index is 1.94. The summed E-state index contributed by atoms with van der Waals surface area (Å²) in [6, 6.07) is 2.36. The zero-order valence-electron chi connectivity index (χ0n) is 12.4. The van der Waals surface area contributed by atoms with E-state index in [4.69, 9.17) is 0 Å². The number of piperidine rings is 1. The Morgan fingerprint density at radius 2 is 2.13 bits per heavy atom. The third kappa shape index (κ3) is 5.18. The second-order valence-corrected chi connectivity index (χ2v) is 5.61. The molecule has 1 fully saturated rings. The normalized spacial score (nSPS) is 19.6. The van der Waals surface area contributed by atoms with E-state index < -0.39 is 29.6 Å². The van der Waals surface area contributed by atoms with E-state index >= 15 is 0 Å². The number of nitrogens with one attached hydrogen (secondary N) is 1. The fourth-order valence-electron chi connectivity index (χ4n) is 2.59. The SMILES string of the molecule is O=C(CN1CCC[C@H](O)C1)NCc1ccc(F)cc1C(F)(F)F. The van der Waals surface area contributed by atoms with Crippen molar-refractivity contribution in [2.24, 2.45) is 0 Å². The Hall–Kier alpha value is -1.67. The Labute approximate surface area is 131 Å². The fraction of sp³-hybridized carbons (Fsp3) is 0.533. The zero-order chi connectivity index (χ0) is 17.0. The molecule has 0 aromatic heterocycles. The maximum atomic E-state index is 13.0. The Morgan fingerprint density at radius 1 is 1.39 bits per heavy atom. The highest BCUT2D eigenvalue weighted by atomic mass is 19.4. The maximum absolute atomic E-state index is 13.0. The maximum Gasteiger partial charge on any atom is 0.416 e. The number of aliphatic hydroxyl groups is 1. The van der Waals surface area contributed by atoms with Gasteiger partial charge in [0.15, 0.2) is 0 Å². The molecule has 4 nitrogen and oxygen atoms in total. The molecule has 1 aliphatic heterocycles. The molecule has 1 aliphatic rings.